The highest BCUT2D eigenvalue weighted by Gasteiger charge is 2.28. The molecule has 0 spiro atoms. The molecule has 0 bridgehead atoms. The van der Waals surface area contributed by atoms with Gasteiger partial charge < -0.3 is 5.32 Å². The molecule has 0 saturated carbocycles. The summed E-state index contributed by atoms with van der Waals surface area (Å²) >= 11 is 3.92. The summed E-state index contributed by atoms with van der Waals surface area (Å²) in [6.45, 7) is 13.5. The number of amidine groups is 1. The molecule has 1 unspecified atom stereocenters. The van der Waals surface area contributed by atoms with Crippen molar-refractivity contribution < 1.29 is 0 Å². The van der Waals surface area contributed by atoms with Gasteiger partial charge in [-0.1, -0.05) is 46.4 Å². The summed E-state index contributed by atoms with van der Waals surface area (Å²) in [5.41, 5.74) is 0.401. The average Bonchev–Trinajstić information content (AvgIpc) is 2.77. The fraction of sp³-hybridized carbons (Fsp3) is 0.933. The lowest BCUT2D eigenvalue weighted by Gasteiger charge is -2.30. The number of aliphatic imine (C=N–C) groups is 1. The van der Waals surface area contributed by atoms with Gasteiger partial charge >= 0.3 is 0 Å². The van der Waals surface area contributed by atoms with Gasteiger partial charge in [0.15, 0.2) is 5.17 Å². The Hall–Kier alpha value is 0.170. The Morgan fingerprint density at radius 3 is 2.42 bits per heavy atom. The Bertz CT molecular complexity index is 295. The standard InChI is InChI=1S/C15H30N2S2/c1-7-15(8-2,18-6)11-17-13-16-10-12(19-13)9-14(3,4)5/h12H,7-11H2,1-6H3,(H,16,17). The number of nitrogens with zero attached hydrogens (tertiary/aromatic N) is 1. The predicted octanol–water partition coefficient (Wildman–Crippen LogP) is 4.41. The minimum atomic E-state index is 0.366. The molecule has 2 nitrogen and oxygen atoms in total. The summed E-state index contributed by atoms with van der Waals surface area (Å²) in [6, 6.07) is 0. The van der Waals surface area contributed by atoms with E-state index >= 15 is 0 Å². The Morgan fingerprint density at radius 1 is 1.32 bits per heavy atom. The highest BCUT2D eigenvalue weighted by molar-refractivity contribution is 8.14. The van der Waals surface area contributed by atoms with Gasteiger partial charge in [0.05, 0.1) is 6.54 Å². The average molecular weight is 303 g/mol. The molecule has 0 aliphatic carbocycles. The summed E-state index contributed by atoms with van der Waals surface area (Å²) in [7, 11) is 0. The molecule has 112 valence electrons. The zero-order valence-electron chi connectivity index (χ0n) is 13.4. The Labute approximate surface area is 128 Å². The lowest BCUT2D eigenvalue weighted by Crippen LogP contribution is -2.38. The second kappa shape index (κ2) is 7.26. The van der Waals surface area contributed by atoms with E-state index in [1.54, 1.807) is 0 Å². The Balaban J connectivity index is 2.40. The Kier molecular flexibility index (Phi) is 6.58. The van der Waals surface area contributed by atoms with Gasteiger partial charge in [-0.2, -0.15) is 11.8 Å². The van der Waals surface area contributed by atoms with Gasteiger partial charge in [0.2, 0.25) is 0 Å². The maximum atomic E-state index is 4.67. The topological polar surface area (TPSA) is 24.4 Å². The van der Waals surface area contributed by atoms with Crippen LogP contribution in [0.5, 0.6) is 0 Å². The highest BCUT2D eigenvalue weighted by Crippen LogP contribution is 2.33. The van der Waals surface area contributed by atoms with Gasteiger partial charge in [-0.05, 0) is 30.9 Å². The van der Waals surface area contributed by atoms with E-state index in [1.807, 2.05) is 23.5 Å². The second-order valence-corrected chi connectivity index (χ2v) is 9.16. The van der Waals surface area contributed by atoms with Crippen LogP contribution in [0.2, 0.25) is 0 Å². The van der Waals surface area contributed by atoms with E-state index in [9.17, 15) is 0 Å². The molecular formula is C15H30N2S2. The third-order valence-electron chi connectivity index (χ3n) is 3.84. The van der Waals surface area contributed by atoms with Crippen molar-refractivity contribution in [3.63, 3.8) is 0 Å². The van der Waals surface area contributed by atoms with Crippen molar-refractivity contribution in [3.8, 4) is 0 Å². The third kappa shape index (κ3) is 5.58. The molecule has 1 aliphatic heterocycles. The minimum Gasteiger partial charge on any atom is -0.364 e. The van der Waals surface area contributed by atoms with Gasteiger partial charge in [0, 0.05) is 16.5 Å². The predicted molar refractivity (Wildman–Crippen MR) is 92.6 cm³/mol. The summed E-state index contributed by atoms with van der Waals surface area (Å²) in [5, 5.41) is 5.41. The van der Waals surface area contributed by atoms with E-state index in [0.29, 0.717) is 15.4 Å². The van der Waals surface area contributed by atoms with Crippen molar-refractivity contribution in [2.75, 3.05) is 19.3 Å². The highest BCUT2D eigenvalue weighted by atomic mass is 32.2. The number of hydrogen-bond donors (Lipinski definition) is 1. The van der Waals surface area contributed by atoms with E-state index in [0.717, 1.165) is 18.3 Å². The monoisotopic (exact) mass is 302 g/mol. The summed E-state index contributed by atoms with van der Waals surface area (Å²) in [4.78, 5) is 4.67. The largest absolute Gasteiger partial charge is 0.364 e. The van der Waals surface area contributed by atoms with Crippen molar-refractivity contribution >= 4 is 28.7 Å². The van der Waals surface area contributed by atoms with Crippen LogP contribution in [-0.4, -0.2) is 34.5 Å². The molecule has 4 heteroatoms. The lowest BCUT2D eigenvalue weighted by molar-refractivity contribution is 0.375. The molecule has 1 atom stereocenters. The van der Waals surface area contributed by atoms with Gasteiger partial charge in [-0.3, -0.25) is 4.99 Å². The van der Waals surface area contributed by atoms with Gasteiger partial charge in [-0.25, -0.2) is 0 Å². The van der Waals surface area contributed by atoms with Crippen LogP contribution in [0.4, 0.5) is 0 Å². The van der Waals surface area contributed by atoms with Gasteiger partial charge in [0.25, 0.3) is 0 Å². The van der Waals surface area contributed by atoms with E-state index in [2.05, 4.69) is 51.2 Å². The second-order valence-electron chi connectivity index (χ2n) is 6.60. The van der Waals surface area contributed by atoms with Crippen LogP contribution in [0.15, 0.2) is 4.99 Å². The maximum Gasteiger partial charge on any atom is 0.156 e. The molecule has 0 saturated heterocycles. The number of nitrogens with one attached hydrogen (secondary N) is 1. The van der Waals surface area contributed by atoms with E-state index in [4.69, 9.17) is 0 Å². The van der Waals surface area contributed by atoms with Gasteiger partial charge in [-0.15, -0.1) is 0 Å². The lowest BCUT2D eigenvalue weighted by atomic mass is 9.90. The van der Waals surface area contributed by atoms with Crippen LogP contribution in [0, 0.1) is 5.41 Å². The van der Waals surface area contributed by atoms with E-state index < -0.39 is 0 Å². The summed E-state index contributed by atoms with van der Waals surface area (Å²) < 4.78 is 0.366. The SMILES string of the molecule is CCC(CC)(CNC1=NCC(CC(C)(C)C)S1)SC. The molecule has 0 aromatic heterocycles. The quantitative estimate of drug-likeness (QED) is 0.786. The van der Waals surface area contributed by atoms with Crippen molar-refractivity contribution in [2.45, 2.75) is 63.9 Å². The number of thioether (sulfide) groups is 2. The molecule has 0 aromatic rings. The van der Waals surface area contributed by atoms with E-state index in [1.165, 1.54) is 19.3 Å². The van der Waals surface area contributed by atoms with Crippen molar-refractivity contribution in [1.82, 2.24) is 5.32 Å². The molecular weight excluding hydrogens is 272 g/mol. The molecule has 0 amide bonds. The fourth-order valence-electron chi connectivity index (χ4n) is 2.40. The first-order valence-corrected chi connectivity index (χ1v) is 9.44. The van der Waals surface area contributed by atoms with Crippen LogP contribution in [-0.2, 0) is 0 Å². The molecule has 0 aromatic carbocycles. The van der Waals surface area contributed by atoms with Crippen molar-refractivity contribution in [3.05, 3.63) is 0 Å². The molecule has 1 heterocycles. The minimum absolute atomic E-state index is 0.366. The van der Waals surface area contributed by atoms with Crippen molar-refractivity contribution in [2.24, 2.45) is 10.4 Å². The van der Waals surface area contributed by atoms with Crippen LogP contribution < -0.4 is 5.32 Å². The molecule has 19 heavy (non-hydrogen) atoms. The molecule has 0 fully saturated rings. The van der Waals surface area contributed by atoms with Crippen LogP contribution >= 0.6 is 23.5 Å². The maximum absolute atomic E-state index is 4.67. The normalized spacial score (nSPS) is 20.5. The first-order valence-electron chi connectivity index (χ1n) is 7.34. The summed E-state index contributed by atoms with van der Waals surface area (Å²) in [5.74, 6) is 0. The van der Waals surface area contributed by atoms with E-state index in [-0.39, 0.29) is 0 Å². The van der Waals surface area contributed by atoms with Gasteiger partial charge in [0.1, 0.15) is 0 Å². The number of hydrogen-bond acceptors (Lipinski definition) is 4. The van der Waals surface area contributed by atoms with Crippen molar-refractivity contribution in [1.29, 1.82) is 0 Å². The van der Waals surface area contributed by atoms with Crippen LogP contribution in [0.25, 0.3) is 0 Å². The first-order chi connectivity index (χ1) is 8.84. The smallest absolute Gasteiger partial charge is 0.156 e. The first kappa shape index (κ1) is 17.2. The Morgan fingerprint density at radius 2 is 1.95 bits per heavy atom. The molecule has 1 rings (SSSR count). The number of rotatable bonds is 6. The zero-order valence-corrected chi connectivity index (χ0v) is 15.0. The van der Waals surface area contributed by atoms with Crippen LogP contribution in [0.3, 0.4) is 0 Å². The summed E-state index contributed by atoms with van der Waals surface area (Å²) in [6.07, 6.45) is 5.88. The third-order valence-corrected chi connectivity index (χ3v) is 6.57. The van der Waals surface area contributed by atoms with Crippen LogP contribution in [0.1, 0.15) is 53.9 Å². The molecule has 1 N–H and O–H groups in total. The fourth-order valence-corrected chi connectivity index (χ4v) is 4.55. The molecule has 0 radical (unpaired) electrons. The zero-order chi connectivity index (χ0) is 14.5. The molecule has 1 aliphatic rings.